The standard InChI is InChI=1S/C12H11ClN4O2S/c1-17(8-12-15-4-5-16-12)20(18,19)11-6-10(13)3-2-9(11)7-14/h2-6H,8H2,1H3,(H,15,16). The van der Waals surface area contributed by atoms with Gasteiger partial charge in [0.15, 0.2) is 0 Å². The number of sulfonamides is 1. The number of nitrogens with zero attached hydrogens (tertiary/aromatic N) is 3. The minimum absolute atomic E-state index is 0.0562. The largest absolute Gasteiger partial charge is 0.347 e. The summed E-state index contributed by atoms with van der Waals surface area (Å²) in [5.41, 5.74) is 0.0562. The summed E-state index contributed by atoms with van der Waals surface area (Å²) in [5, 5.41) is 9.27. The van der Waals surface area contributed by atoms with Crippen LogP contribution in [0.25, 0.3) is 0 Å². The normalized spacial score (nSPS) is 11.5. The van der Waals surface area contributed by atoms with Crippen molar-refractivity contribution in [2.24, 2.45) is 0 Å². The molecule has 6 nitrogen and oxygen atoms in total. The molecule has 2 aromatic rings. The minimum atomic E-state index is -3.81. The highest BCUT2D eigenvalue weighted by Gasteiger charge is 2.25. The van der Waals surface area contributed by atoms with E-state index >= 15 is 0 Å². The van der Waals surface area contributed by atoms with Gasteiger partial charge in [-0.1, -0.05) is 11.6 Å². The van der Waals surface area contributed by atoms with Gasteiger partial charge in [0.2, 0.25) is 10.0 Å². The molecular weight excluding hydrogens is 300 g/mol. The lowest BCUT2D eigenvalue weighted by Crippen LogP contribution is -2.27. The van der Waals surface area contributed by atoms with Crippen molar-refractivity contribution in [2.45, 2.75) is 11.4 Å². The topological polar surface area (TPSA) is 89.8 Å². The molecule has 1 N–H and O–H groups in total. The van der Waals surface area contributed by atoms with E-state index in [0.717, 1.165) is 4.31 Å². The van der Waals surface area contributed by atoms with Crippen molar-refractivity contribution in [2.75, 3.05) is 7.05 Å². The molecule has 1 heterocycles. The molecule has 0 aliphatic carbocycles. The van der Waals surface area contributed by atoms with Crippen LogP contribution < -0.4 is 0 Å². The molecule has 0 bridgehead atoms. The Hall–Kier alpha value is -1.88. The highest BCUT2D eigenvalue weighted by Crippen LogP contribution is 2.23. The van der Waals surface area contributed by atoms with Crippen LogP contribution >= 0.6 is 11.6 Å². The summed E-state index contributed by atoms with van der Waals surface area (Å²) >= 11 is 5.82. The van der Waals surface area contributed by atoms with Crippen LogP contribution in [0.5, 0.6) is 0 Å². The van der Waals surface area contributed by atoms with Crippen LogP contribution in [-0.2, 0) is 16.6 Å². The third kappa shape index (κ3) is 2.82. The quantitative estimate of drug-likeness (QED) is 0.931. The first-order valence-electron chi connectivity index (χ1n) is 5.59. The Balaban J connectivity index is 2.40. The van der Waals surface area contributed by atoms with E-state index in [1.54, 1.807) is 6.20 Å². The van der Waals surface area contributed by atoms with Crippen molar-refractivity contribution < 1.29 is 8.42 Å². The monoisotopic (exact) mass is 310 g/mol. The zero-order valence-electron chi connectivity index (χ0n) is 10.5. The third-order valence-corrected chi connectivity index (χ3v) is 4.76. The van der Waals surface area contributed by atoms with Gasteiger partial charge < -0.3 is 4.98 Å². The van der Waals surface area contributed by atoms with Crippen molar-refractivity contribution in [1.29, 1.82) is 5.26 Å². The molecule has 0 amide bonds. The van der Waals surface area contributed by atoms with Gasteiger partial charge >= 0.3 is 0 Å². The molecule has 0 aliphatic rings. The lowest BCUT2D eigenvalue weighted by atomic mass is 10.2. The Bertz CT molecular complexity index is 750. The summed E-state index contributed by atoms with van der Waals surface area (Å²) in [6, 6.07) is 5.99. The number of hydrogen-bond acceptors (Lipinski definition) is 4. The number of imidazole rings is 1. The number of hydrogen-bond donors (Lipinski definition) is 1. The second kappa shape index (κ2) is 5.63. The smallest absolute Gasteiger partial charge is 0.244 e. The fourth-order valence-corrected chi connectivity index (χ4v) is 3.18. The SMILES string of the molecule is CN(Cc1ncc[nH]1)S(=O)(=O)c1cc(Cl)ccc1C#N. The summed E-state index contributed by atoms with van der Waals surface area (Å²) in [6.07, 6.45) is 3.14. The summed E-state index contributed by atoms with van der Waals surface area (Å²) in [4.78, 5) is 6.68. The zero-order chi connectivity index (χ0) is 14.8. The van der Waals surface area contributed by atoms with E-state index in [1.807, 2.05) is 6.07 Å². The number of halogens is 1. The number of H-pyrrole nitrogens is 1. The Labute approximate surface area is 121 Å². The van der Waals surface area contributed by atoms with Gasteiger partial charge in [-0.15, -0.1) is 0 Å². The van der Waals surface area contributed by atoms with Crippen LogP contribution in [0.15, 0.2) is 35.5 Å². The fourth-order valence-electron chi connectivity index (χ4n) is 1.65. The van der Waals surface area contributed by atoms with Gasteiger partial charge in [-0.25, -0.2) is 13.4 Å². The van der Waals surface area contributed by atoms with Crippen LogP contribution in [-0.4, -0.2) is 29.7 Å². The first-order chi connectivity index (χ1) is 9.45. The maximum absolute atomic E-state index is 12.5. The van der Waals surface area contributed by atoms with Gasteiger partial charge in [-0.05, 0) is 18.2 Å². The molecule has 2 rings (SSSR count). The Morgan fingerprint density at radius 3 is 2.85 bits per heavy atom. The highest BCUT2D eigenvalue weighted by atomic mass is 35.5. The second-order valence-corrected chi connectivity index (χ2v) is 6.50. The molecule has 0 saturated heterocycles. The lowest BCUT2D eigenvalue weighted by molar-refractivity contribution is 0.458. The van der Waals surface area contributed by atoms with Gasteiger partial charge in [0.05, 0.1) is 12.1 Å². The molecule has 0 unspecified atom stereocenters. The van der Waals surface area contributed by atoms with E-state index < -0.39 is 10.0 Å². The molecule has 0 aliphatic heterocycles. The van der Waals surface area contributed by atoms with Gasteiger partial charge in [0, 0.05) is 24.5 Å². The zero-order valence-corrected chi connectivity index (χ0v) is 12.1. The molecule has 0 radical (unpaired) electrons. The van der Waals surface area contributed by atoms with Crippen LogP contribution in [0.4, 0.5) is 0 Å². The summed E-state index contributed by atoms with van der Waals surface area (Å²) in [7, 11) is -2.40. The molecule has 0 saturated carbocycles. The molecule has 0 spiro atoms. The molecule has 1 aromatic carbocycles. The summed E-state index contributed by atoms with van der Waals surface area (Å²) in [5.74, 6) is 0.511. The first-order valence-corrected chi connectivity index (χ1v) is 7.41. The van der Waals surface area contributed by atoms with Crippen molar-refractivity contribution >= 4 is 21.6 Å². The number of nitriles is 1. The van der Waals surface area contributed by atoms with E-state index in [9.17, 15) is 8.42 Å². The number of benzene rings is 1. The maximum Gasteiger partial charge on any atom is 0.244 e. The van der Waals surface area contributed by atoms with Gasteiger partial charge in [-0.2, -0.15) is 9.57 Å². The average molecular weight is 311 g/mol. The second-order valence-electron chi connectivity index (χ2n) is 4.05. The Morgan fingerprint density at radius 1 is 1.50 bits per heavy atom. The van der Waals surface area contributed by atoms with Crippen LogP contribution in [0, 0.1) is 11.3 Å². The molecule has 20 heavy (non-hydrogen) atoms. The molecule has 0 fully saturated rings. The lowest BCUT2D eigenvalue weighted by Gasteiger charge is -2.16. The van der Waals surface area contributed by atoms with Crippen LogP contribution in [0.3, 0.4) is 0 Å². The Kier molecular flexibility index (Phi) is 4.09. The third-order valence-electron chi connectivity index (χ3n) is 2.68. The van der Waals surface area contributed by atoms with Crippen molar-refractivity contribution in [3.05, 3.63) is 47.0 Å². The highest BCUT2D eigenvalue weighted by molar-refractivity contribution is 7.89. The van der Waals surface area contributed by atoms with E-state index in [-0.39, 0.29) is 22.0 Å². The van der Waals surface area contributed by atoms with Gasteiger partial charge in [-0.3, -0.25) is 0 Å². The van der Waals surface area contributed by atoms with Crippen molar-refractivity contribution in [3.8, 4) is 6.07 Å². The van der Waals surface area contributed by atoms with Crippen molar-refractivity contribution in [1.82, 2.24) is 14.3 Å². The Morgan fingerprint density at radius 2 is 2.25 bits per heavy atom. The number of aromatic nitrogens is 2. The van der Waals surface area contributed by atoms with Crippen LogP contribution in [0.2, 0.25) is 5.02 Å². The predicted molar refractivity (Wildman–Crippen MR) is 73.4 cm³/mol. The van der Waals surface area contributed by atoms with E-state index in [0.29, 0.717) is 5.82 Å². The van der Waals surface area contributed by atoms with E-state index in [4.69, 9.17) is 16.9 Å². The first kappa shape index (κ1) is 14.5. The van der Waals surface area contributed by atoms with E-state index in [2.05, 4.69) is 9.97 Å². The summed E-state index contributed by atoms with van der Waals surface area (Å²) < 4.78 is 26.0. The number of nitrogens with one attached hydrogen (secondary N) is 1. The van der Waals surface area contributed by atoms with Crippen LogP contribution in [0.1, 0.15) is 11.4 Å². The molecular formula is C12H11ClN4O2S. The number of aromatic amines is 1. The van der Waals surface area contributed by atoms with Gasteiger partial charge in [0.25, 0.3) is 0 Å². The predicted octanol–water partition coefficient (Wildman–Crippen LogP) is 1.76. The van der Waals surface area contributed by atoms with E-state index in [1.165, 1.54) is 31.4 Å². The molecule has 1 aromatic heterocycles. The minimum Gasteiger partial charge on any atom is -0.347 e. The number of rotatable bonds is 4. The van der Waals surface area contributed by atoms with Crippen molar-refractivity contribution in [3.63, 3.8) is 0 Å². The molecule has 0 atom stereocenters. The maximum atomic E-state index is 12.5. The molecule has 8 heteroatoms. The average Bonchev–Trinajstić information content (AvgIpc) is 2.91. The summed E-state index contributed by atoms with van der Waals surface area (Å²) in [6.45, 7) is 0.0761. The fraction of sp³-hybridized carbons (Fsp3) is 0.167. The molecule has 104 valence electrons. The van der Waals surface area contributed by atoms with Gasteiger partial charge in [0.1, 0.15) is 16.8 Å².